The van der Waals surface area contributed by atoms with Gasteiger partial charge in [-0.05, 0) is 29.7 Å². The molecule has 0 spiro atoms. The van der Waals surface area contributed by atoms with Gasteiger partial charge >= 0.3 is 12.1 Å². The van der Waals surface area contributed by atoms with Crippen LogP contribution in [0.5, 0.6) is 0 Å². The Labute approximate surface area is 277 Å². The Hall–Kier alpha value is -5.91. The molecule has 248 valence electrons. The van der Waals surface area contributed by atoms with Crippen molar-refractivity contribution < 1.29 is 28.7 Å². The molecule has 5 rings (SSSR count). The number of hydrogen-bond donors (Lipinski definition) is 5. The molecule has 2 heterocycles. The van der Waals surface area contributed by atoms with Crippen molar-refractivity contribution in [2.45, 2.75) is 50.9 Å². The zero-order chi connectivity index (χ0) is 33.7. The Morgan fingerprint density at radius 1 is 0.708 bits per heavy atom. The molecule has 0 bridgehead atoms. The number of H-pyrrole nitrogens is 2. The summed E-state index contributed by atoms with van der Waals surface area (Å²) in [4.78, 5) is 63.8. The number of esters is 1. The van der Waals surface area contributed by atoms with Crippen molar-refractivity contribution >= 4 is 34.8 Å². The molecule has 0 aliphatic heterocycles. The lowest BCUT2D eigenvalue weighted by molar-refractivity contribution is -0.147. The molecule has 2 aromatic heterocycles. The molecule has 12 nitrogen and oxygen atoms in total. The highest BCUT2D eigenvalue weighted by Gasteiger charge is 2.31. The molecular weight excluding hydrogens is 612 g/mol. The van der Waals surface area contributed by atoms with Gasteiger partial charge in [0, 0.05) is 48.3 Å². The number of rotatable bonds is 15. The third-order valence-electron chi connectivity index (χ3n) is 7.70. The van der Waals surface area contributed by atoms with Gasteiger partial charge in [0.2, 0.25) is 11.8 Å². The van der Waals surface area contributed by atoms with Crippen molar-refractivity contribution in [3.05, 3.63) is 126 Å². The molecule has 5 aromatic rings. The number of imidazole rings is 1. The van der Waals surface area contributed by atoms with Crippen LogP contribution in [-0.2, 0) is 49.7 Å². The van der Waals surface area contributed by atoms with Crippen molar-refractivity contribution in [1.82, 2.24) is 30.9 Å². The summed E-state index contributed by atoms with van der Waals surface area (Å²) in [7, 11) is 0. The molecule has 0 aliphatic rings. The highest BCUT2D eigenvalue weighted by atomic mass is 16.5. The standard InChI is InChI=1S/C36H38N6O6/c1-2-47-35(45)32(18-26-20-38-29-16-10-9-15-28(26)29)41-33(43)30(17-24-11-5-3-6-12-24)40-34(44)31(19-27-21-37-23-39-27)42-36(46)48-22-25-13-7-4-8-14-25/h3-16,20-21,23,30-32,38H,2,17-19,22H2,1H3,(H,37,39)(H,40,44)(H,41,43)(H,42,46). The van der Waals surface area contributed by atoms with Gasteiger partial charge in [0.25, 0.3) is 0 Å². The quantitative estimate of drug-likeness (QED) is 0.108. The van der Waals surface area contributed by atoms with Crippen LogP contribution >= 0.6 is 0 Å². The number of aromatic nitrogens is 3. The smallest absolute Gasteiger partial charge is 0.408 e. The first-order valence-electron chi connectivity index (χ1n) is 15.7. The summed E-state index contributed by atoms with van der Waals surface area (Å²) in [5.41, 5.74) is 3.87. The Morgan fingerprint density at radius 2 is 1.35 bits per heavy atom. The SMILES string of the molecule is CCOC(=O)C(Cc1c[nH]c2ccccc12)NC(=O)C(Cc1ccccc1)NC(=O)C(Cc1cnc[nH]1)NC(=O)OCc1ccccc1. The summed E-state index contributed by atoms with van der Waals surface area (Å²) < 4.78 is 10.7. The molecule has 0 saturated carbocycles. The van der Waals surface area contributed by atoms with Gasteiger partial charge in [0.05, 0.1) is 12.9 Å². The molecule has 48 heavy (non-hydrogen) atoms. The molecular formula is C36H38N6O6. The molecule has 0 saturated heterocycles. The van der Waals surface area contributed by atoms with Crippen LogP contribution in [0.25, 0.3) is 10.9 Å². The Kier molecular flexibility index (Phi) is 11.6. The van der Waals surface area contributed by atoms with E-state index in [1.54, 1.807) is 19.3 Å². The van der Waals surface area contributed by atoms with E-state index >= 15 is 0 Å². The molecule has 0 radical (unpaired) electrons. The van der Waals surface area contributed by atoms with Gasteiger partial charge in [-0.25, -0.2) is 14.6 Å². The van der Waals surface area contributed by atoms with Gasteiger partial charge in [0.1, 0.15) is 24.7 Å². The lowest BCUT2D eigenvalue weighted by Crippen LogP contribution is -2.57. The summed E-state index contributed by atoms with van der Waals surface area (Å²) in [5.74, 6) is -1.81. The molecule has 0 aliphatic carbocycles. The zero-order valence-electron chi connectivity index (χ0n) is 26.5. The fraction of sp³-hybridized carbons (Fsp3) is 0.250. The minimum atomic E-state index is -1.12. The number of carbonyl (C=O) groups is 4. The number of fused-ring (bicyclic) bond motifs is 1. The summed E-state index contributed by atoms with van der Waals surface area (Å²) in [6.45, 7) is 1.83. The van der Waals surface area contributed by atoms with E-state index in [1.807, 2.05) is 84.9 Å². The van der Waals surface area contributed by atoms with Crippen LogP contribution in [0.15, 0.2) is 104 Å². The van der Waals surface area contributed by atoms with Crippen LogP contribution in [0, 0.1) is 0 Å². The minimum absolute atomic E-state index is 0.00971. The molecule has 5 N–H and O–H groups in total. The fourth-order valence-corrected chi connectivity index (χ4v) is 5.29. The van der Waals surface area contributed by atoms with E-state index in [-0.39, 0.29) is 32.5 Å². The first kappa shape index (κ1) is 33.5. The van der Waals surface area contributed by atoms with E-state index in [4.69, 9.17) is 9.47 Å². The van der Waals surface area contributed by atoms with Gasteiger partial charge in [-0.3, -0.25) is 9.59 Å². The third-order valence-corrected chi connectivity index (χ3v) is 7.70. The van der Waals surface area contributed by atoms with Crippen LogP contribution in [0.2, 0.25) is 0 Å². The highest BCUT2D eigenvalue weighted by Crippen LogP contribution is 2.20. The fourth-order valence-electron chi connectivity index (χ4n) is 5.29. The molecule has 12 heteroatoms. The second-order valence-electron chi connectivity index (χ2n) is 11.2. The van der Waals surface area contributed by atoms with Crippen molar-refractivity contribution in [1.29, 1.82) is 0 Å². The zero-order valence-corrected chi connectivity index (χ0v) is 26.5. The van der Waals surface area contributed by atoms with Gasteiger partial charge in [-0.2, -0.15) is 0 Å². The van der Waals surface area contributed by atoms with Crippen LogP contribution in [0.4, 0.5) is 4.79 Å². The number of aromatic amines is 2. The molecule has 3 aromatic carbocycles. The van der Waals surface area contributed by atoms with E-state index in [0.717, 1.165) is 27.6 Å². The second-order valence-corrected chi connectivity index (χ2v) is 11.2. The molecule has 3 atom stereocenters. The second kappa shape index (κ2) is 16.6. The normalized spacial score (nSPS) is 12.8. The molecule has 3 unspecified atom stereocenters. The average Bonchev–Trinajstić information content (AvgIpc) is 3.77. The molecule has 3 amide bonds. The van der Waals surface area contributed by atoms with Gasteiger partial charge in [0.15, 0.2) is 0 Å². The minimum Gasteiger partial charge on any atom is -0.464 e. The van der Waals surface area contributed by atoms with Crippen LogP contribution in [0.1, 0.15) is 29.3 Å². The largest absolute Gasteiger partial charge is 0.464 e. The van der Waals surface area contributed by atoms with E-state index in [1.165, 1.54) is 6.33 Å². The van der Waals surface area contributed by atoms with E-state index < -0.39 is 42.0 Å². The maximum absolute atomic E-state index is 13.9. The topological polar surface area (TPSA) is 167 Å². The van der Waals surface area contributed by atoms with Crippen LogP contribution in [0.3, 0.4) is 0 Å². The maximum Gasteiger partial charge on any atom is 0.408 e. The number of hydrogen-bond acceptors (Lipinski definition) is 7. The van der Waals surface area contributed by atoms with E-state index in [9.17, 15) is 19.2 Å². The Bertz CT molecular complexity index is 1790. The molecule has 0 fully saturated rings. The summed E-state index contributed by atoms with van der Waals surface area (Å²) in [6, 6.07) is 22.7. The predicted octanol–water partition coefficient (Wildman–Crippen LogP) is 3.75. The Morgan fingerprint density at radius 3 is 2.04 bits per heavy atom. The number of benzene rings is 3. The lowest BCUT2D eigenvalue weighted by atomic mass is 10.0. The lowest BCUT2D eigenvalue weighted by Gasteiger charge is -2.25. The van der Waals surface area contributed by atoms with Gasteiger partial charge in [-0.15, -0.1) is 0 Å². The summed E-state index contributed by atoms with van der Waals surface area (Å²) in [6.07, 6.45) is 4.34. The predicted molar refractivity (Wildman–Crippen MR) is 178 cm³/mol. The van der Waals surface area contributed by atoms with Gasteiger partial charge < -0.3 is 35.4 Å². The van der Waals surface area contributed by atoms with Crippen molar-refractivity contribution in [2.24, 2.45) is 0 Å². The summed E-state index contributed by atoms with van der Waals surface area (Å²) in [5, 5.41) is 9.18. The number of ether oxygens (including phenoxy) is 2. The maximum atomic E-state index is 13.9. The van der Waals surface area contributed by atoms with Crippen molar-refractivity contribution in [3.8, 4) is 0 Å². The number of nitrogens with zero attached hydrogens (tertiary/aromatic N) is 1. The average molecular weight is 651 g/mol. The number of para-hydroxylation sites is 1. The third kappa shape index (κ3) is 9.32. The number of alkyl carbamates (subject to hydrolysis) is 1. The van der Waals surface area contributed by atoms with E-state index in [2.05, 4.69) is 30.9 Å². The Balaban J connectivity index is 1.34. The number of carbonyl (C=O) groups excluding carboxylic acids is 4. The first-order chi connectivity index (χ1) is 23.4. The van der Waals surface area contributed by atoms with E-state index in [0.29, 0.717) is 5.69 Å². The first-order valence-corrected chi connectivity index (χ1v) is 15.7. The number of amides is 3. The number of nitrogens with one attached hydrogen (secondary N) is 5. The monoisotopic (exact) mass is 650 g/mol. The summed E-state index contributed by atoms with van der Waals surface area (Å²) >= 11 is 0. The van der Waals surface area contributed by atoms with Crippen LogP contribution in [-0.4, -0.2) is 63.6 Å². The van der Waals surface area contributed by atoms with Crippen molar-refractivity contribution in [3.63, 3.8) is 0 Å². The van der Waals surface area contributed by atoms with Crippen molar-refractivity contribution in [2.75, 3.05) is 6.61 Å². The van der Waals surface area contributed by atoms with Gasteiger partial charge in [-0.1, -0.05) is 78.9 Å². The van der Waals surface area contributed by atoms with Crippen LogP contribution < -0.4 is 16.0 Å². The highest BCUT2D eigenvalue weighted by molar-refractivity contribution is 5.94.